The van der Waals surface area contributed by atoms with Crippen LogP contribution in [-0.2, 0) is 7.05 Å². The molecule has 0 aliphatic rings. The molecule has 0 unspecified atom stereocenters. The summed E-state index contributed by atoms with van der Waals surface area (Å²) in [5.74, 6) is 0.700. The van der Waals surface area contributed by atoms with E-state index in [1.807, 2.05) is 18.7 Å². The quantitative estimate of drug-likeness (QED) is 0.863. The number of ether oxygens (including phenoxy) is 1. The zero-order valence-corrected chi connectivity index (χ0v) is 13.0. The number of hydrogen-bond donors (Lipinski definition) is 1. The second-order valence-electron chi connectivity index (χ2n) is 4.76. The average Bonchev–Trinajstić information content (AvgIpc) is 2.67. The van der Waals surface area contributed by atoms with Crippen molar-refractivity contribution in [3.05, 3.63) is 35.4 Å². The predicted molar refractivity (Wildman–Crippen MR) is 84.5 cm³/mol. The van der Waals surface area contributed by atoms with Crippen molar-refractivity contribution < 1.29 is 4.74 Å². The van der Waals surface area contributed by atoms with Gasteiger partial charge in [-0.3, -0.25) is 4.68 Å². The first-order valence-corrected chi connectivity index (χ1v) is 6.57. The van der Waals surface area contributed by atoms with E-state index in [0.29, 0.717) is 19.0 Å². The molecular formula is C15H22ClN3O. The second-order valence-corrected chi connectivity index (χ2v) is 4.76. The normalized spacial score (nSPS) is 10.2. The smallest absolute Gasteiger partial charge is 0.236 e. The van der Waals surface area contributed by atoms with E-state index >= 15 is 0 Å². The van der Waals surface area contributed by atoms with Crippen LogP contribution in [-0.4, -0.2) is 22.9 Å². The van der Waals surface area contributed by atoms with Crippen molar-refractivity contribution >= 4 is 12.4 Å². The third-order valence-electron chi connectivity index (χ3n) is 3.15. The van der Waals surface area contributed by atoms with E-state index in [1.54, 1.807) is 0 Å². The summed E-state index contributed by atoms with van der Waals surface area (Å²) in [6.45, 7) is 5.37. The highest BCUT2D eigenvalue weighted by atomic mass is 35.5. The van der Waals surface area contributed by atoms with Crippen LogP contribution >= 0.6 is 12.4 Å². The largest absolute Gasteiger partial charge is 0.476 e. The van der Waals surface area contributed by atoms with Gasteiger partial charge in [0.1, 0.15) is 0 Å². The van der Waals surface area contributed by atoms with Crippen molar-refractivity contribution in [2.75, 3.05) is 13.2 Å². The Bertz CT molecular complexity index is 549. The van der Waals surface area contributed by atoms with Crippen molar-refractivity contribution in [1.29, 1.82) is 0 Å². The van der Waals surface area contributed by atoms with Crippen LogP contribution in [0.1, 0.15) is 17.5 Å². The summed E-state index contributed by atoms with van der Waals surface area (Å²) in [6.07, 6.45) is 0.843. The SMILES string of the molecule is Cc1ccc(-c2c(C)c(OCCCN)nn2C)cc1.Cl. The van der Waals surface area contributed by atoms with Crippen molar-refractivity contribution in [2.45, 2.75) is 20.3 Å². The van der Waals surface area contributed by atoms with E-state index in [9.17, 15) is 0 Å². The summed E-state index contributed by atoms with van der Waals surface area (Å²) in [5.41, 5.74) is 10.0. The monoisotopic (exact) mass is 295 g/mol. The van der Waals surface area contributed by atoms with Crippen LogP contribution in [0, 0.1) is 13.8 Å². The lowest BCUT2D eigenvalue weighted by molar-refractivity contribution is 0.297. The topological polar surface area (TPSA) is 53.1 Å². The lowest BCUT2D eigenvalue weighted by Gasteiger charge is -2.04. The maximum atomic E-state index is 5.67. The summed E-state index contributed by atoms with van der Waals surface area (Å²) in [7, 11) is 1.94. The molecule has 0 atom stereocenters. The lowest BCUT2D eigenvalue weighted by Crippen LogP contribution is -2.06. The van der Waals surface area contributed by atoms with E-state index in [4.69, 9.17) is 10.5 Å². The molecule has 0 amide bonds. The highest BCUT2D eigenvalue weighted by molar-refractivity contribution is 5.85. The number of hydrogen-bond acceptors (Lipinski definition) is 3. The minimum atomic E-state index is 0. The van der Waals surface area contributed by atoms with Gasteiger partial charge in [0.25, 0.3) is 0 Å². The Morgan fingerprint density at radius 1 is 1.20 bits per heavy atom. The number of aromatic nitrogens is 2. The van der Waals surface area contributed by atoms with Crippen LogP contribution in [0.5, 0.6) is 5.88 Å². The molecule has 0 spiro atoms. The van der Waals surface area contributed by atoms with Crippen LogP contribution in [0.3, 0.4) is 0 Å². The molecule has 4 nitrogen and oxygen atoms in total. The molecule has 1 aromatic carbocycles. The van der Waals surface area contributed by atoms with Crippen LogP contribution in [0.15, 0.2) is 24.3 Å². The van der Waals surface area contributed by atoms with Crippen LogP contribution in [0.2, 0.25) is 0 Å². The van der Waals surface area contributed by atoms with Crippen molar-refractivity contribution in [2.24, 2.45) is 12.8 Å². The van der Waals surface area contributed by atoms with E-state index < -0.39 is 0 Å². The van der Waals surface area contributed by atoms with Gasteiger partial charge in [-0.05, 0) is 26.8 Å². The van der Waals surface area contributed by atoms with E-state index in [-0.39, 0.29) is 12.4 Å². The summed E-state index contributed by atoms with van der Waals surface area (Å²) < 4.78 is 7.54. The Kier molecular flexibility index (Phi) is 6.05. The number of nitrogens with two attached hydrogens (primary N) is 1. The fourth-order valence-electron chi connectivity index (χ4n) is 2.11. The standard InChI is InChI=1S/C15H21N3O.ClH/c1-11-5-7-13(8-6-11)14-12(2)15(17-18(14)3)19-10-4-9-16;/h5-8H,4,9-10,16H2,1-3H3;1H. The number of aryl methyl sites for hydroxylation is 2. The maximum absolute atomic E-state index is 5.67. The Labute approximate surface area is 126 Å². The van der Waals surface area contributed by atoms with Crippen molar-refractivity contribution in [3.63, 3.8) is 0 Å². The van der Waals surface area contributed by atoms with Crippen molar-refractivity contribution in [1.82, 2.24) is 9.78 Å². The molecule has 1 heterocycles. The second kappa shape index (κ2) is 7.31. The molecule has 0 saturated carbocycles. The van der Waals surface area contributed by atoms with Crippen molar-refractivity contribution in [3.8, 4) is 17.1 Å². The first-order valence-electron chi connectivity index (χ1n) is 6.57. The Morgan fingerprint density at radius 2 is 1.85 bits per heavy atom. The molecule has 20 heavy (non-hydrogen) atoms. The third kappa shape index (κ3) is 3.52. The number of halogens is 1. The van der Waals surface area contributed by atoms with Gasteiger partial charge >= 0.3 is 0 Å². The highest BCUT2D eigenvalue weighted by Crippen LogP contribution is 2.29. The minimum absolute atomic E-state index is 0. The highest BCUT2D eigenvalue weighted by Gasteiger charge is 2.14. The van der Waals surface area contributed by atoms with Gasteiger partial charge in [0.05, 0.1) is 12.3 Å². The average molecular weight is 296 g/mol. The summed E-state index contributed by atoms with van der Waals surface area (Å²) >= 11 is 0. The zero-order chi connectivity index (χ0) is 13.8. The van der Waals surface area contributed by atoms with E-state index in [0.717, 1.165) is 23.2 Å². The van der Waals surface area contributed by atoms with Crippen LogP contribution in [0.25, 0.3) is 11.3 Å². The van der Waals surface area contributed by atoms with E-state index in [2.05, 4.69) is 36.3 Å². The Morgan fingerprint density at radius 3 is 2.45 bits per heavy atom. The fraction of sp³-hybridized carbons (Fsp3) is 0.400. The third-order valence-corrected chi connectivity index (χ3v) is 3.15. The van der Waals surface area contributed by atoms with E-state index in [1.165, 1.54) is 5.56 Å². The van der Waals surface area contributed by atoms with Gasteiger partial charge in [-0.15, -0.1) is 17.5 Å². The first kappa shape index (κ1) is 16.5. The molecule has 2 rings (SSSR count). The number of rotatable bonds is 5. The number of nitrogens with zero attached hydrogens (tertiary/aromatic N) is 2. The molecule has 2 aromatic rings. The molecule has 1 aromatic heterocycles. The van der Waals surface area contributed by atoms with Gasteiger partial charge in [-0.25, -0.2) is 0 Å². The van der Waals surface area contributed by atoms with Gasteiger partial charge in [-0.1, -0.05) is 29.8 Å². The van der Waals surface area contributed by atoms with Gasteiger partial charge in [0, 0.05) is 18.2 Å². The molecule has 5 heteroatoms. The predicted octanol–water partition coefficient (Wildman–Crippen LogP) is 2.85. The molecular weight excluding hydrogens is 274 g/mol. The Balaban J connectivity index is 0.00000200. The molecule has 0 saturated heterocycles. The Hall–Kier alpha value is -1.52. The van der Waals surface area contributed by atoms with Gasteiger partial charge in [-0.2, -0.15) is 0 Å². The summed E-state index contributed by atoms with van der Waals surface area (Å²) in [5, 5.41) is 4.43. The molecule has 0 radical (unpaired) electrons. The lowest BCUT2D eigenvalue weighted by atomic mass is 10.1. The molecule has 0 aliphatic carbocycles. The summed E-state index contributed by atoms with van der Waals surface area (Å²) in [6, 6.07) is 8.44. The first-order chi connectivity index (χ1) is 9.13. The fourth-order valence-corrected chi connectivity index (χ4v) is 2.11. The maximum Gasteiger partial charge on any atom is 0.236 e. The van der Waals surface area contributed by atoms with Gasteiger partial charge in [0.2, 0.25) is 5.88 Å². The van der Waals surface area contributed by atoms with Gasteiger partial charge in [0.15, 0.2) is 0 Å². The molecule has 2 N–H and O–H groups in total. The van der Waals surface area contributed by atoms with Crippen LogP contribution < -0.4 is 10.5 Å². The summed E-state index contributed by atoms with van der Waals surface area (Å²) in [4.78, 5) is 0. The zero-order valence-electron chi connectivity index (χ0n) is 12.2. The molecule has 0 fully saturated rings. The van der Waals surface area contributed by atoms with Gasteiger partial charge < -0.3 is 10.5 Å². The molecule has 0 bridgehead atoms. The molecule has 110 valence electrons. The molecule has 0 aliphatic heterocycles. The number of benzene rings is 1. The van der Waals surface area contributed by atoms with Crippen LogP contribution in [0.4, 0.5) is 0 Å². The minimum Gasteiger partial charge on any atom is -0.476 e.